The van der Waals surface area contributed by atoms with Crippen molar-refractivity contribution < 1.29 is 5.11 Å². The van der Waals surface area contributed by atoms with Crippen LogP contribution in [0.3, 0.4) is 0 Å². The van der Waals surface area contributed by atoms with Crippen molar-refractivity contribution in [2.24, 2.45) is 0 Å². The first-order chi connectivity index (χ1) is 8.20. The van der Waals surface area contributed by atoms with E-state index in [1.807, 2.05) is 6.92 Å². The molecule has 2 heterocycles. The second-order valence-electron chi connectivity index (χ2n) is 3.67. The SMILES string of the molecule is CCCn1c(=O)c(C#N)c(O)c2cccnc21. The van der Waals surface area contributed by atoms with Crippen LogP contribution in [-0.4, -0.2) is 14.7 Å². The lowest BCUT2D eigenvalue weighted by molar-refractivity contribution is 0.476. The smallest absolute Gasteiger partial charge is 0.273 e. The molecule has 0 aliphatic rings. The zero-order valence-corrected chi connectivity index (χ0v) is 9.34. The van der Waals surface area contributed by atoms with Gasteiger partial charge in [0, 0.05) is 12.7 Å². The van der Waals surface area contributed by atoms with E-state index in [2.05, 4.69) is 4.98 Å². The summed E-state index contributed by atoms with van der Waals surface area (Å²) in [5.41, 5.74) is -0.298. The molecule has 86 valence electrons. The van der Waals surface area contributed by atoms with E-state index < -0.39 is 5.56 Å². The van der Waals surface area contributed by atoms with E-state index in [1.54, 1.807) is 24.4 Å². The van der Waals surface area contributed by atoms with E-state index in [1.165, 1.54) is 4.57 Å². The number of aromatic hydroxyl groups is 1. The van der Waals surface area contributed by atoms with Crippen LogP contribution in [-0.2, 0) is 6.54 Å². The van der Waals surface area contributed by atoms with E-state index in [4.69, 9.17) is 5.26 Å². The Morgan fingerprint density at radius 1 is 1.59 bits per heavy atom. The monoisotopic (exact) mass is 229 g/mol. The van der Waals surface area contributed by atoms with E-state index >= 15 is 0 Å². The summed E-state index contributed by atoms with van der Waals surface area (Å²) in [4.78, 5) is 16.1. The van der Waals surface area contributed by atoms with Crippen molar-refractivity contribution in [2.45, 2.75) is 19.9 Å². The van der Waals surface area contributed by atoms with Crippen LogP contribution < -0.4 is 5.56 Å². The number of nitrogens with zero attached hydrogens (tertiary/aromatic N) is 3. The molecule has 0 spiro atoms. The highest BCUT2D eigenvalue weighted by molar-refractivity contribution is 5.84. The Balaban J connectivity index is 2.97. The molecule has 0 amide bonds. The summed E-state index contributed by atoms with van der Waals surface area (Å²) < 4.78 is 1.42. The third-order valence-electron chi connectivity index (χ3n) is 2.55. The number of fused-ring (bicyclic) bond motifs is 1. The van der Waals surface area contributed by atoms with Crippen molar-refractivity contribution in [3.63, 3.8) is 0 Å². The molecule has 0 atom stereocenters. The van der Waals surface area contributed by atoms with Gasteiger partial charge in [0.25, 0.3) is 5.56 Å². The molecule has 2 aromatic heterocycles. The van der Waals surface area contributed by atoms with Gasteiger partial charge in [-0.05, 0) is 18.6 Å². The molecule has 0 aliphatic carbocycles. The summed E-state index contributed by atoms with van der Waals surface area (Å²) in [5.74, 6) is -0.284. The molecule has 0 saturated carbocycles. The first kappa shape index (κ1) is 11.1. The molecule has 0 saturated heterocycles. The van der Waals surface area contributed by atoms with E-state index in [9.17, 15) is 9.90 Å². The maximum absolute atomic E-state index is 12.0. The molecular formula is C12H11N3O2. The van der Waals surface area contributed by atoms with Crippen LogP contribution in [0.1, 0.15) is 18.9 Å². The van der Waals surface area contributed by atoms with Gasteiger partial charge < -0.3 is 5.11 Å². The van der Waals surface area contributed by atoms with Crippen molar-refractivity contribution in [3.8, 4) is 11.8 Å². The highest BCUT2D eigenvalue weighted by Gasteiger charge is 2.15. The summed E-state index contributed by atoms with van der Waals surface area (Å²) in [7, 11) is 0. The van der Waals surface area contributed by atoms with Gasteiger partial charge in [-0.25, -0.2) is 4.98 Å². The topological polar surface area (TPSA) is 78.9 Å². The highest BCUT2D eigenvalue weighted by Crippen LogP contribution is 2.24. The standard InChI is InChI=1S/C12H11N3O2/c1-2-6-15-11-8(4-3-5-14-11)10(16)9(7-13)12(15)17/h3-5,16H,2,6H2,1H3. The van der Waals surface area contributed by atoms with Crippen molar-refractivity contribution in [1.29, 1.82) is 5.26 Å². The largest absolute Gasteiger partial charge is 0.506 e. The number of nitriles is 1. The van der Waals surface area contributed by atoms with Gasteiger partial charge >= 0.3 is 0 Å². The Hall–Kier alpha value is -2.35. The lowest BCUT2D eigenvalue weighted by Gasteiger charge is -2.10. The average Bonchev–Trinajstić information content (AvgIpc) is 2.35. The molecule has 1 N–H and O–H groups in total. The minimum absolute atomic E-state index is 0.223. The highest BCUT2D eigenvalue weighted by atomic mass is 16.3. The third-order valence-corrected chi connectivity index (χ3v) is 2.55. The first-order valence-corrected chi connectivity index (χ1v) is 5.31. The molecule has 0 unspecified atom stereocenters. The summed E-state index contributed by atoms with van der Waals surface area (Å²) in [6, 6.07) is 5.04. The van der Waals surface area contributed by atoms with Crippen LogP contribution in [0.15, 0.2) is 23.1 Å². The molecule has 5 nitrogen and oxygen atoms in total. The second-order valence-corrected chi connectivity index (χ2v) is 3.67. The maximum Gasteiger partial charge on any atom is 0.273 e. The van der Waals surface area contributed by atoms with Gasteiger partial charge in [0.2, 0.25) is 0 Å². The Labute approximate surface area is 97.6 Å². The van der Waals surface area contributed by atoms with Crippen LogP contribution in [0.2, 0.25) is 0 Å². The minimum atomic E-state index is -0.488. The predicted molar refractivity (Wildman–Crippen MR) is 62.7 cm³/mol. The van der Waals surface area contributed by atoms with Crippen molar-refractivity contribution in [3.05, 3.63) is 34.2 Å². The number of aryl methyl sites for hydroxylation is 1. The van der Waals surface area contributed by atoms with Crippen LogP contribution in [0.4, 0.5) is 0 Å². The second kappa shape index (κ2) is 4.26. The van der Waals surface area contributed by atoms with E-state index in [0.717, 1.165) is 6.42 Å². The molecule has 0 bridgehead atoms. The number of pyridine rings is 2. The van der Waals surface area contributed by atoms with Crippen LogP contribution in [0.25, 0.3) is 11.0 Å². The lowest BCUT2D eigenvalue weighted by atomic mass is 10.2. The molecule has 2 aromatic rings. The molecule has 5 heteroatoms. The number of hydrogen-bond donors (Lipinski definition) is 1. The molecule has 0 fully saturated rings. The fourth-order valence-electron chi connectivity index (χ4n) is 1.80. The minimum Gasteiger partial charge on any atom is -0.506 e. The van der Waals surface area contributed by atoms with Gasteiger partial charge in [0.05, 0.1) is 5.39 Å². The average molecular weight is 229 g/mol. The number of rotatable bonds is 2. The third kappa shape index (κ3) is 1.64. The Bertz CT molecular complexity index is 668. The van der Waals surface area contributed by atoms with Gasteiger partial charge in [-0.1, -0.05) is 6.92 Å². The molecule has 2 rings (SSSR count). The van der Waals surface area contributed by atoms with Gasteiger partial charge in [-0.15, -0.1) is 0 Å². The number of hydrogen-bond acceptors (Lipinski definition) is 4. The molecular weight excluding hydrogens is 218 g/mol. The quantitative estimate of drug-likeness (QED) is 0.843. The van der Waals surface area contributed by atoms with Gasteiger partial charge in [0.15, 0.2) is 5.56 Å². The van der Waals surface area contributed by atoms with Gasteiger partial charge in [-0.3, -0.25) is 9.36 Å². The molecule has 17 heavy (non-hydrogen) atoms. The van der Waals surface area contributed by atoms with Crippen molar-refractivity contribution in [1.82, 2.24) is 9.55 Å². The van der Waals surface area contributed by atoms with Gasteiger partial charge in [0.1, 0.15) is 17.5 Å². The fourth-order valence-corrected chi connectivity index (χ4v) is 1.80. The van der Waals surface area contributed by atoms with Crippen LogP contribution >= 0.6 is 0 Å². The van der Waals surface area contributed by atoms with Crippen LogP contribution in [0.5, 0.6) is 5.75 Å². The Morgan fingerprint density at radius 3 is 3.00 bits per heavy atom. The lowest BCUT2D eigenvalue weighted by Crippen LogP contribution is -2.23. The Morgan fingerprint density at radius 2 is 2.35 bits per heavy atom. The summed E-state index contributed by atoms with van der Waals surface area (Å²) in [5, 5.41) is 19.2. The summed E-state index contributed by atoms with van der Waals surface area (Å²) in [6.45, 7) is 2.40. The summed E-state index contributed by atoms with van der Waals surface area (Å²) in [6.07, 6.45) is 2.31. The normalized spacial score (nSPS) is 10.4. The fraction of sp³-hybridized carbons (Fsp3) is 0.250. The molecule has 0 radical (unpaired) electrons. The zero-order valence-electron chi connectivity index (χ0n) is 9.34. The maximum atomic E-state index is 12.0. The van der Waals surface area contributed by atoms with Gasteiger partial charge in [-0.2, -0.15) is 5.26 Å². The van der Waals surface area contributed by atoms with Crippen molar-refractivity contribution in [2.75, 3.05) is 0 Å². The molecule has 0 aromatic carbocycles. The summed E-state index contributed by atoms with van der Waals surface area (Å²) >= 11 is 0. The predicted octanol–water partition coefficient (Wildman–Crippen LogP) is 1.38. The van der Waals surface area contributed by atoms with E-state index in [0.29, 0.717) is 17.6 Å². The Kier molecular flexibility index (Phi) is 2.79. The van der Waals surface area contributed by atoms with E-state index in [-0.39, 0.29) is 11.3 Å². The number of aromatic nitrogens is 2. The first-order valence-electron chi connectivity index (χ1n) is 5.31. The zero-order chi connectivity index (χ0) is 12.4. The molecule has 0 aliphatic heterocycles. The van der Waals surface area contributed by atoms with Crippen LogP contribution in [0, 0.1) is 11.3 Å². The van der Waals surface area contributed by atoms with Crippen molar-refractivity contribution >= 4 is 11.0 Å².